The number of carbonyl (C=O) groups excluding carboxylic acids is 1. The molecule has 0 fully saturated rings. The van der Waals surface area contributed by atoms with E-state index in [0.29, 0.717) is 5.76 Å². The van der Waals surface area contributed by atoms with Crippen molar-refractivity contribution in [1.82, 2.24) is 0 Å². The number of Topliss-reactive ketones (excluding diaryl/α,β-unsaturated/α-hetero) is 1. The first-order valence-electron chi connectivity index (χ1n) is 3.87. The minimum Gasteiger partial charge on any atom is -0.453 e. The van der Waals surface area contributed by atoms with Gasteiger partial charge in [0.25, 0.3) is 0 Å². The fourth-order valence-electron chi connectivity index (χ4n) is 1.18. The number of fused-ring (bicyclic) bond motifs is 1. The maximum Gasteiger partial charge on any atom is 0.194 e. The molecule has 0 saturated heterocycles. The molecule has 2 nitrogen and oxygen atoms in total. The van der Waals surface area contributed by atoms with E-state index in [-0.39, 0.29) is 5.78 Å². The first-order valence-corrected chi connectivity index (χ1v) is 4.95. The molecule has 0 aliphatic rings. The summed E-state index contributed by atoms with van der Waals surface area (Å²) in [4.78, 5) is 11.0. The molecule has 0 N–H and O–H groups in total. The van der Waals surface area contributed by atoms with Gasteiger partial charge in [0.15, 0.2) is 11.5 Å². The highest BCUT2D eigenvalue weighted by atomic mass is 127. The van der Waals surface area contributed by atoms with Gasteiger partial charge in [0, 0.05) is 15.9 Å². The van der Waals surface area contributed by atoms with Crippen molar-refractivity contribution in [3.8, 4) is 0 Å². The van der Waals surface area contributed by atoms with Crippen molar-refractivity contribution in [3.63, 3.8) is 0 Å². The van der Waals surface area contributed by atoms with Crippen molar-refractivity contribution >= 4 is 39.3 Å². The van der Waals surface area contributed by atoms with Crippen molar-refractivity contribution in [3.05, 3.63) is 33.6 Å². The molecule has 0 aliphatic carbocycles. The van der Waals surface area contributed by atoms with Crippen LogP contribution in [0.3, 0.4) is 0 Å². The molecule has 0 unspecified atom stereocenters. The average molecular weight is 286 g/mol. The van der Waals surface area contributed by atoms with Crippen LogP contribution in [0.4, 0.5) is 0 Å². The highest BCUT2D eigenvalue weighted by Gasteiger charge is 2.07. The molecule has 1 aromatic carbocycles. The molecule has 2 rings (SSSR count). The second-order valence-electron chi connectivity index (χ2n) is 2.85. The number of benzene rings is 1. The fraction of sp³-hybridized carbons (Fsp3) is 0.100. The molecule has 0 atom stereocenters. The molecule has 13 heavy (non-hydrogen) atoms. The van der Waals surface area contributed by atoms with E-state index in [1.54, 1.807) is 6.07 Å². The summed E-state index contributed by atoms with van der Waals surface area (Å²) in [6, 6.07) is 7.63. The molecule has 0 amide bonds. The van der Waals surface area contributed by atoms with Crippen molar-refractivity contribution < 1.29 is 9.21 Å². The van der Waals surface area contributed by atoms with Crippen molar-refractivity contribution in [2.75, 3.05) is 0 Å². The maximum absolute atomic E-state index is 11.0. The van der Waals surface area contributed by atoms with Gasteiger partial charge >= 0.3 is 0 Å². The van der Waals surface area contributed by atoms with Gasteiger partial charge in [-0.2, -0.15) is 0 Å². The van der Waals surface area contributed by atoms with Gasteiger partial charge in [-0.1, -0.05) is 6.07 Å². The Balaban J connectivity index is 2.68. The van der Waals surface area contributed by atoms with E-state index in [2.05, 4.69) is 22.6 Å². The van der Waals surface area contributed by atoms with Gasteiger partial charge in [-0.15, -0.1) is 0 Å². The van der Waals surface area contributed by atoms with Crippen LogP contribution in [0.5, 0.6) is 0 Å². The first kappa shape index (κ1) is 8.74. The molecule has 0 aliphatic heterocycles. The Bertz CT molecular complexity index is 471. The second-order valence-corrected chi connectivity index (χ2v) is 4.09. The van der Waals surface area contributed by atoms with Crippen LogP contribution in [0.25, 0.3) is 11.0 Å². The molecule has 66 valence electrons. The van der Waals surface area contributed by atoms with Crippen LogP contribution in [0.1, 0.15) is 17.5 Å². The lowest BCUT2D eigenvalue weighted by atomic mass is 10.2. The van der Waals surface area contributed by atoms with Crippen LogP contribution in [0.15, 0.2) is 28.7 Å². The Morgan fingerprint density at radius 1 is 1.38 bits per heavy atom. The smallest absolute Gasteiger partial charge is 0.194 e. The number of hydrogen-bond acceptors (Lipinski definition) is 2. The van der Waals surface area contributed by atoms with E-state index < -0.39 is 0 Å². The number of furan rings is 1. The van der Waals surface area contributed by atoms with Gasteiger partial charge in [-0.05, 0) is 40.8 Å². The third-order valence-electron chi connectivity index (χ3n) is 1.83. The number of rotatable bonds is 1. The molecule has 0 spiro atoms. The molecule has 0 saturated carbocycles. The molecular weight excluding hydrogens is 279 g/mol. The normalized spacial score (nSPS) is 10.6. The van der Waals surface area contributed by atoms with Crippen LogP contribution >= 0.6 is 22.6 Å². The van der Waals surface area contributed by atoms with E-state index in [1.807, 2.05) is 18.2 Å². The third-order valence-corrected chi connectivity index (χ3v) is 2.50. The summed E-state index contributed by atoms with van der Waals surface area (Å²) in [5.41, 5.74) is 0.775. The second kappa shape index (κ2) is 3.14. The van der Waals surface area contributed by atoms with Crippen LogP contribution < -0.4 is 0 Å². The lowest BCUT2D eigenvalue weighted by Crippen LogP contribution is -1.85. The fourth-order valence-corrected chi connectivity index (χ4v) is 1.64. The van der Waals surface area contributed by atoms with E-state index >= 15 is 0 Å². The Morgan fingerprint density at radius 2 is 2.15 bits per heavy atom. The van der Waals surface area contributed by atoms with Gasteiger partial charge in [-0.25, -0.2) is 0 Å². The van der Waals surface area contributed by atoms with Gasteiger partial charge < -0.3 is 4.42 Å². The van der Waals surface area contributed by atoms with Crippen LogP contribution in [-0.4, -0.2) is 5.78 Å². The van der Waals surface area contributed by atoms with Gasteiger partial charge in [0.05, 0.1) is 0 Å². The Hall–Kier alpha value is -0.840. The summed E-state index contributed by atoms with van der Waals surface area (Å²) in [6.07, 6.45) is 0. The summed E-state index contributed by atoms with van der Waals surface area (Å²) >= 11 is 2.21. The van der Waals surface area contributed by atoms with Crippen molar-refractivity contribution in [2.45, 2.75) is 6.92 Å². The molecule has 1 aromatic heterocycles. The zero-order chi connectivity index (χ0) is 9.42. The molecule has 1 heterocycles. The van der Waals surface area contributed by atoms with E-state index in [4.69, 9.17) is 4.42 Å². The number of ketones is 1. The molecule has 3 heteroatoms. The SMILES string of the molecule is CC(=O)c1cc2ccc(I)cc2o1. The summed E-state index contributed by atoms with van der Waals surface area (Å²) in [5.74, 6) is 0.392. The largest absolute Gasteiger partial charge is 0.453 e. The summed E-state index contributed by atoms with van der Waals surface area (Å²) in [6.45, 7) is 1.50. The predicted octanol–water partition coefficient (Wildman–Crippen LogP) is 3.24. The van der Waals surface area contributed by atoms with Crippen LogP contribution in [0, 0.1) is 3.57 Å². The van der Waals surface area contributed by atoms with Crippen molar-refractivity contribution in [1.29, 1.82) is 0 Å². The molecular formula is C10H7IO2. The maximum atomic E-state index is 11.0. The monoisotopic (exact) mass is 286 g/mol. The van der Waals surface area contributed by atoms with Gasteiger partial charge in [0.2, 0.25) is 0 Å². The van der Waals surface area contributed by atoms with Crippen LogP contribution in [0.2, 0.25) is 0 Å². The van der Waals surface area contributed by atoms with Crippen LogP contribution in [-0.2, 0) is 0 Å². The minimum absolute atomic E-state index is 0.0359. The van der Waals surface area contributed by atoms with E-state index in [9.17, 15) is 4.79 Å². The highest BCUT2D eigenvalue weighted by molar-refractivity contribution is 14.1. The van der Waals surface area contributed by atoms with Gasteiger partial charge in [-0.3, -0.25) is 4.79 Å². The zero-order valence-corrected chi connectivity index (χ0v) is 9.16. The Kier molecular flexibility index (Phi) is 2.11. The lowest BCUT2D eigenvalue weighted by Gasteiger charge is -1.88. The average Bonchev–Trinajstić information content (AvgIpc) is 2.46. The van der Waals surface area contributed by atoms with Crippen molar-refractivity contribution in [2.24, 2.45) is 0 Å². The lowest BCUT2D eigenvalue weighted by molar-refractivity contribution is 0.0989. The molecule has 2 aromatic rings. The summed E-state index contributed by atoms with van der Waals surface area (Å²) in [7, 11) is 0. The Labute approximate surface area is 89.1 Å². The standard InChI is InChI=1S/C10H7IO2/c1-6(12)9-4-7-2-3-8(11)5-10(7)13-9/h2-5H,1H3. The van der Waals surface area contributed by atoms with E-state index in [1.165, 1.54) is 6.92 Å². The third kappa shape index (κ3) is 1.60. The number of halogens is 1. The first-order chi connectivity index (χ1) is 6.16. The zero-order valence-electron chi connectivity index (χ0n) is 7.00. The molecule has 0 radical (unpaired) electrons. The number of carbonyl (C=O) groups is 1. The highest BCUT2D eigenvalue weighted by Crippen LogP contribution is 2.21. The molecule has 0 bridgehead atoms. The Morgan fingerprint density at radius 3 is 2.85 bits per heavy atom. The van der Waals surface area contributed by atoms with Gasteiger partial charge in [0.1, 0.15) is 5.58 Å². The van der Waals surface area contributed by atoms with E-state index in [0.717, 1.165) is 14.5 Å². The topological polar surface area (TPSA) is 30.2 Å². The summed E-state index contributed by atoms with van der Waals surface area (Å²) in [5, 5.41) is 0.977. The predicted molar refractivity (Wildman–Crippen MR) is 58.9 cm³/mol. The summed E-state index contributed by atoms with van der Waals surface area (Å²) < 4.78 is 6.46. The quantitative estimate of drug-likeness (QED) is 0.595. The number of hydrogen-bond donors (Lipinski definition) is 0. The minimum atomic E-state index is -0.0359.